The molecule has 5 rings (SSSR count). The molecule has 0 saturated carbocycles. The van der Waals surface area contributed by atoms with Gasteiger partial charge in [-0.2, -0.15) is 0 Å². The zero-order valence-corrected chi connectivity index (χ0v) is 20.9. The first-order valence-electron chi connectivity index (χ1n) is 11.7. The highest BCUT2D eigenvalue weighted by molar-refractivity contribution is 7.22. The largest absolute Gasteiger partial charge is 0.507 e. The first kappa shape index (κ1) is 24.5. The third-order valence-corrected chi connectivity index (χ3v) is 7.04. The molecule has 1 amide bonds. The predicted molar refractivity (Wildman–Crippen MR) is 140 cm³/mol. The van der Waals surface area contributed by atoms with Gasteiger partial charge in [-0.15, -0.1) is 0 Å². The van der Waals surface area contributed by atoms with Crippen LogP contribution in [0.15, 0.2) is 72.3 Å². The van der Waals surface area contributed by atoms with E-state index in [1.54, 1.807) is 49.6 Å². The fourth-order valence-corrected chi connectivity index (χ4v) is 5.22. The van der Waals surface area contributed by atoms with Crippen molar-refractivity contribution in [1.82, 2.24) is 4.98 Å². The molecule has 1 saturated heterocycles. The van der Waals surface area contributed by atoms with Crippen LogP contribution in [0.2, 0.25) is 0 Å². The minimum absolute atomic E-state index is 0.101. The second-order valence-corrected chi connectivity index (χ2v) is 9.43. The van der Waals surface area contributed by atoms with Crippen LogP contribution in [0.1, 0.15) is 30.5 Å². The van der Waals surface area contributed by atoms with E-state index >= 15 is 0 Å². The number of methoxy groups -OCH3 is 1. The lowest BCUT2D eigenvalue weighted by Crippen LogP contribution is -2.29. The van der Waals surface area contributed by atoms with Crippen LogP contribution in [0.4, 0.5) is 9.52 Å². The number of hydrogen-bond acceptors (Lipinski definition) is 7. The first-order chi connectivity index (χ1) is 17.9. The van der Waals surface area contributed by atoms with Crippen molar-refractivity contribution < 1.29 is 28.6 Å². The van der Waals surface area contributed by atoms with Crippen molar-refractivity contribution in [3.05, 3.63) is 89.2 Å². The summed E-state index contributed by atoms with van der Waals surface area (Å²) in [5, 5.41) is 11.5. The molecule has 1 fully saturated rings. The molecule has 0 radical (unpaired) electrons. The number of carbonyl (C=O) groups is 2. The fourth-order valence-electron chi connectivity index (χ4n) is 4.20. The number of ketones is 1. The Balaban J connectivity index is 1.66. The van der Waals surface area contributed by atoms with Gasteiger partial charge in [0.2, 0.25) is 0 Å². The summed E-state index contributed by atoms with van der Waals surface area (Å²) in [4.78, 5) is 32.6. The number of anilines is 1. The Hall–Kier alpha value is -4.24. The number of ether oxygens (including phenoxy) is 2. The summed E-state index contributed by atoms with van der Waals surface area (Å²) in [7, 11) is 1.56. The number of carbonyl (C=O) groups excluding carboxylic acids is 2. The van der Waals surface area contributed by atoms with Gasteiger partial charge in [0.15, 0.2) is 5.13 Å². The van der Waals surface area contributed by atoms with E-state index in [0.29, 0.717) is 34.3 Å². The molecule has 9 heteroatoms. The summed E-state index contributed by atoms with van der Waals surface area (Å²) >= 11 is 1.24. The van der Waals surface area contributed by atoms with Crippen molar-refractivity contribution in [1.29, 1.82) is 0 Å². The second-order valence-electron chi connectivity index (χ2n) is 8.42. The van der Waals surface area contributed by atoms with Crippen LogP contribution in [-0.2, 0) is 9.59 Å². The molecule has 1 unspecified atom stereocenters. The van der Waals surface area contributed by atoms with E-state index < -0.39 is 23.5 Å². The van der Waals surface area contributed by atoms with Crippen LogP contribution in [0.5, 0.6) is 11.5 Å². The van der Waals surface area contributed by atoms with E-state index in [0.717, 1.165) is 11.1 Å². The number of Topliss-reactive ketones (excluding diaryl/α,β-unsaturated/α-hetero) is 1. The minimum atomic E-state index is -0.951. The molecule has 0 bridgehead atoms. The van der Waals surface area contributed by atoms with Crippen LogP contribution in [-0.4, -0.2) is 35.5 Å². The molecule has 37 heavy (non-hydrogen) atoms. The topological polar surface area (TPSA) is 89.0 Å². The number of fused-ring (bicyclic) bond motifs is 1. The summed E-state index contributed by atoms with van der Waals surface area (Å²) in [6.07, 6.45) is 0.849. The number of aromatic nitrogens is 1. The Bertz CT molecular complexity index is 1510. The van der Waals surface area contributed by atoms with E-state index in [4.69, 9.17) is 9.47 Å². The molecule has 1 atom stereocenters. The van der Waals surface area contributed by atoms with E-state index in [-0.39, 0.29) is 16.9 Å². The molecule has 1 aliphatic rings. The molecular formula is C28H23FN2O5S. The number of halogens is 1. The SMILES string of the molecule is CCCOc1ccc(C2/C(=C(\O)c3ccc(F)cc3)C(=O)C(=O)N2c2nc3ccc(OC)cc3s2)cc1. The molecule has 1 N–H and O–H groups in total. The van der Waals surface area contributed by atoms with E-state index in [2.05, 4.69) is 4.98 Å². The van der Waals surface area contributed by atoms with Crippen LogP contribution < -0.4 is 14.4 Å². The van der Waals surface area contributed by atoms with Crippen molar-refractivity contribution >= 4 is 44.1 Å². The average Bonchev–Trinajstić information content (AvgIpc) is 3.45. The van der Waals surface area contributed by atoms with Crippen molar-refractivity contribution in [2.45, 2.75) is 19.4 Å². The summed E-state index contributed by atoms with van der Waals surface area (Å²) in [6.45, 7) is 2.56. The Morgan fingerprint density at radius 3 is 2.43 bits per heavy atom. The zero-order valence-electron chi connectivity index (χ0n) is 20.1. The standard InChI is InChI=1S/C28H23FN2O5S/c1-3-14-36-19-10-6-16(7-11-19)24-23(25(32)17-4-8-18(29)9-5-17)26(33)27(34)31(24)28-30-21-13-12-20(35-2)15-22(21)37-28/h4-13,15,24,32H,3,14H2,1-2H3/b25-23+. The van der Waals surface area contributed by atoms with Gasteiger partial charge in [-0.25, -0.2) is 9.37 Å². The van der Waals surface area contributed by atoms with Gasteiger partial charge in [0.05, 0.1) is 35.5 Å². The molecule has 188 valence electrons. The van der Waals surface area contributed by atoms with Gasteiger partial charge >= 0.3 is 5.91 Å². The summed E-state index contributed by atoms with van der Waals surface area (Å²) in [5.74, 6) is -1.25. The monoisotopic (exact) mass is 518 g/mol. The van der Waals surface area contributed by atoms with E-state index in [1.165, 1.54) is 40.5 Å². The van der Waals surface area contributed by atoms with Gasteiger partial charge in [0.1, 0.15) is 23.1 Å². The molecule has 0 spiro atoms. The number of amides is 1. The maximum Gasteiger partial charge on any atom is 0.301 e. The summed E-state index contributed by atoms with van der Waals surface area (Å²) < 4.78 is 25.3. The van der Waals surface area contributed by atoms with Crippen LogP contribution >= 0.6 is 11.3 Å². The Morgan fingerprint density at radius 2 is 1.76 bits per heavy atom. The number of nitrogens with zero attached hydrogens (tertiary/aromatic N) is 2. The summed E-state index contributed by atoms with van der Waals surface area (Å²) in [5.41, 5.74) is 1.35. The van der Waals surface area contributed by atoms with E-state index in [1.807, 2.05) is 6.92 Å². The van der Waals surface area contributed by atoms with E-state index in [9.17, 15) is 19.1 Å². The van der Waals surface area contributed by atoms with Crippen molar-refractivity contribution in [3.8, 4) is 11.5 Å². The Morgan fingerprint density at radius 1 is 1.05 bits per heavy atom. The molecule has 1 aromatic heterocycles. The second kappa shape index (κ2) is 10.0. The summed E-state index contributed by atoms with van der Waals surface area (Å²) in [6, 6.07) is 16.5. The fraction of sp³-hybridized carbons (Fsp3) is 0.179. The number of hydrogen-bond donors (Lipinski definition) is 1. The number of benzene rings is 3. The van der Waals surface area contributed by atoms with Crippen LogP contribution in [0.3, 0.4) is 0 Å². The maximum absolute atomic E-state index is 13.5. The van der Waals surface area contributed by atoms with Crippen molar-refractivity contribution in [2.75, 3.05) is 18.6 Å². The van der Waals surface area contributed by atoms with Gasteiger partial charge in [-0.1, -0.05) is 30.4 Å². The lowest BCUT2D eigenvalue weighted by atomic mass is 9.95. The number of aliphatic hydroxyl groups is 1. The van der Waals surface area contributed by atoms with Gasteiger partial charge in [0.25, 0.3) is 5.78 Å². The number of rotatable bonds is 7. The average molecular weight is 519 g/mol. The lowest BCUT2D eigenvalue weighted by Gasteiger charge is -2.23. The number of thiazole rings is 1. The lowest BCUT2D eigenvalue weighted by molar-refractivity contribution is -0.132. The molecule has 0 aliphatic carbocycles. The molecule has 7 nitrogen and oxygen atoms in total. The van der Waals surface area contributed by atoms with Crippen molar-refractivity contribution in [3.63, 3.8) is 0 Å². The van der Waals surface area contributed by atoms with Crippen molar-refractivity contribution in [2.24, 2.45) is 0 Å². The highest BCUT2D eigenvalue weighted by Gasteiger charge is 2.48. The highest BCUT2D eigenvalue weighted by Crippen LogP contribution is 2.44. The minimum Gasteiger partial charge on any atom is -0.507 e. The zero-order chi connectivity index (χ0) is 26.1. The molecular weight excluding hydrogens is 495 g/mol. The Labute approximate surface area is 216 Å². The smallest absolute Gasteiger partial charge is 0.301 e. The molecule has 1 aliphatic heterocycles. The third kappa shape index (κ3) is 4.53. The maximum atomic E-state index is 13.5. The van der Waals surface area contributed by atoms with Gasteiger partial charge < -0.3 is 14.6 Å². The quantitative estimate of drug-likeness (QED) is 0.187. The number of aliphatic hydroxyl groups excluding tert-OH is 1. The third-order valence-electron chi connectivity index (χ3n) is 6.02. The van der Waals surface area contributed by atoms with Gasteiger partial charge in [-0.05, 0) is 66.6 Å². The molecule has 4 aromatic rings. The molecule has 2 heterocycles. The van der Waals surface area contributed by atoms with Crippen LogP contribution in [0, 0.1) is 5.82 Å². The van der Waals surface area contributed by atoms with Gasteiger partial charge in [0, 0.05) is 5.56 Å². The van der Waals surface area contributed by atoms with Crippen LogP contribution in [0.25, 0.3) is 16.0 Å². The molecule has 3 aromatic carbocycles. The predicted octanol–water partition coefficient (Wildman–Crippen LogP) is 5.86. The highest BCUT2D eigenvalue weighted by atomic mass is 32.1. The Kier molecular flexibility index (Phi) is 6.62. The first-order valence-corrected chi connectivity index (χ1v) is 12.5. The van der Waals surface area contributed by atoms with Gasteiger partial charge in [-0.3, -0.25) is 14.5 Å². The normalized spacial score (nSPS) is 16.9.